The number of anilines is 1. The number of nitrogen functional groups attached to an aromatic ring is 1. The molecule has 0 amide bonds. The Balaban J connectivity index is 2.80. The van der Waals surface area contributed by atoms with Crippen LogP contribution >= 0.6 is 22.6 Å². The van der Waals surface area contributed by atoms with E-state index >= 15 is 0 Å². The van der Waals surface area contributed by atoms with E-state index in [1.807, 2.05) is 18.2 Å². The molecule has 0 fully saturated rings. The number of rotatable bonds is 0. The number of nitrogens with two attached hydrogens (primary N) is 1. The molecule has 2 aromatic rings. The molecule has 0 aliphatic carbocycles. The molecule has 60 valence electrons. The van der Waals surface area contributed by atoms with Gasteiger partial charge in [0.05, 0.1) is 17.2 Å². The Bertz CT molecular complexity index is 391. The summed E-state index contributed by atoms with van der Waals surface area (Å²) in [5, 5.41) is 0. The first-order valence-electron chi connectivity index (χ1n) is 3.43. The van der Waals surface area contributed by atoms with E-state index in [2.05, 4.69) is 32.6 Å². The van der Waals surface area contributed by atoms with Crippen molar-refractivity contribution in [3.63, 3.8) is 0 Å². The Morgan fingerprint density at radius 3 is 2.92 bits per heavy atom. The molecule has 1 aromatic heterocycles. The maximum Gasteiger partial charge on any atom is 0.142 e. The number of hydrogen-bond donors (Lipinski definition) is 1. The SMILES string of the molecule is Nc1cnc2ccc(I)cc2n1. The molecule has 2 rings (SSSR count). The minimum Gasteiger partial charge on any atom is -0.382 e. The lowest BCUT2D eigenvalue weighted by molar-refractivity contribution is 1.30. The van der Waals surface area contributed by atoms with Crippen LogP contribution in [-0.2, 0) is 0 Å². The topological polar surface area (TPSA) is 51.8 Å². The molecule has 2 N–H and O–H groups in total. The van der Waals surface area contributed by atoms with Gasteiger partial charge in [0.1, 0.15) is 5.82 Å². The summed E-state index contributed by atoms with van der Waals surface area (Å²) in [6, 6.07) is 5.89. The second-order valence-electron chi connectivity index (χ2n) is 2.43. The molecule has 1 aromatic carbocycles. The van der Waals surface area contributed by atoms with Crippen LogP contribution in [-0.4, -0.2) is 9.97 Å². The van der Waals surface area contributed by atoms with E-state index in [-0.39, 0.29) is 0 Å². The highest BCUT2D eigenvalue weighted by atomic mass is 127. The zero-order valence-electron chi connectivity index (χ0n) is 6.16. The Hall–Kier alpha value is -0.910. The lowest BCUT2D eigenvalue weighted by Crippen LogP contribution is -1.92. The summed E-state index contributed by atoms with van der Waals surface area (Å²) in [7, 11) is 0. The molecule has 0 spiro atoms. The van der Waals surface area contributed by atoms with Crippen LogP contribution in [0.4, 0.5) is 5.82 Å². The van der Waals surface area contributed by atoms with Gasteiger partial charge < -0.3 is 5.73 Å². The molecule has 0 bridgehead atoms. The summed E-state index contributed by atoms with van der Waals surface area (Å²) < 4.78 is 1.14. The number of halogens is 1. The summed E-state index contributed by atoms with van der Waals surface area (Å²) >= 11 is 2.23. The molecule has 0 aliphatic rings. The lowest BCUT2D eigenvalue weighted by atomic mass is 10.3. The number of aromatic nitrogens is 2. The van der Waals surface area contributed by atoms with Gasteiger partial charge in [-0.15, -0.1) is 0 Å². The van der Waals surface area contributed by atoms with Crippen LogP contribution < -0.4 is 5.73 Å². The molecule has 0 unspecified atom stereocenters. The summed E-state index contributed by atoms with van der Waals surface area (Å²) in [5.74, 6) is 0.463. The van der Waals surface area contributed by atoms with Gasteiger partial charge in [0.2, 0.25) is 0 Å². The Morgan fingerprint density at radius 2 is 2.08 bits per heavy atom. The second kappa shape index (κ2) is 2.85. The van der Waals surface area contributed by atoms with Gasteiger partial charge in [-0.25, -0.2) is 4.98 Å². The molecule has 1 heterocycles. The minimum absolute atomic E-state index is 0.463. The van der Waals surface area contributed by atoms with Gasteiger partial charge >= 0.3 is 0 Å². The number of nitrogens with zero attached hydrogens (tertiary/aromatic N) is 2. The molecule has 4 heteroatoms. The van der Waals surface area contributed by atoms with Crippen LogP contribution in [0, 0.1) is 3.57 Å². The van der Waals surface area contributed by atoms with Gasteiger partial charge in [-0.1, -0.05) is 0 Å². The molecule has 0 atom stereocenters. The van der Waals surface area contributed by atoms with Gasteiger partial charge in [-0.05, 0) is 40.8 Å². The van der Waals surface area contributed by atoms with Crippen LogP contribution in [0.2, 0.25) is 0 Å². The fourth-order valence-electron chi connectivity index (χ4n) is 0.999. The van der Waals surface area contributed by atoms with Crippen molar-refractivity contribution in [2.45, 2.75) is 0 Å². The van der Waals surface area contributed by atoms with Gasteiger partial charge in [-0.2, -0.15) is 0 Å². The first kappa shape index (κ1) is 7.72. The molecule has 0 aliphatic heterocycles. The molecular formula is C8H6IN3. The first-order valence-corrected chi connectivity index (χ1v) is 4.51. The van der Waals surface area contributed by atoms with Gasteiger partial charge in [0.15, 0.2) is 0 Å². The van der Waals surface area contributed by atoms with Crippen molar-refractivity contribution >= 4 is 39.4 Å². The van der Waals surface area contributed by atoms with Crippen molar-refractivity contribution in [3.05, 3.63) is 28.0 Å². The fourth-order valence-corrected chi connectivity index (χ4v) is 1.47. The summed E-state index contributed by atoms with van der Waals surface area (Å²) in [6.07, 6.45) is 1.56. The highest BCUT2D eigenvalue weighted by molar-refractivity contribution is 14.1. The van der Waals surface area contributed by atoms with Crippen molar-refractivity contribution < 1.29 is 0 Å². The van der Waals surface area contributed by atoms with E-state index in [1.165, 1.54) is 0 Å². The average Bonchev–Trinajstić information content (AvgIpc) is 2.03. The van der Waals surface area contributed by atoms with Crippen molar-refractivity contribution in [3.8, 4) is 0 Å². The third kappa shape index (κ3) is 1.34. The Morgan fingerprint density at radius 1 is 1.25 bits per heavy atom. The van der Waals surface area contributed by atoms with E-state index in [0.29, 0.717) is 5.82 Å². The maximum atomic E-state index is 5.50. The fraction of sp³-hybridized carbons (Fsp3) is 0. The third-order valence-corrected chi connectivity index (χ3v) is 2.19. The highest BCUT2D eigenvalue weighted by Crippen LogP contribution is 2.13. The first-order chi connectivity index (χ1) is 5.75. The zero-order chi connectivity index (χ0) is 8.55. The highest BCUT2D eigenvalue weighted by Gasteiger charge is 1.96. The molecule has 0 saturated heterocycles. The number of hydrogen-bond acceptors (Lipinski definition) is 3. The standard InChI is InChI=1S/C8H6IN3/c9-5-1-2-6-7(3-5)12-8(10)4-11-6/h1-4H,(H2,10,12). The smallest absolute Gasteiger partial charge is 0.142 e. The van der Waals surface area contributed by atoms with Crippen LogP contribution in [0.15, 0.2) is 24.4 Å². The third-order valence-electron chi connectivity index (χ3n) is 1.52. The van der Waals surface area contributed by atoms with E-state index in [9.17, 15) is 0 Å². The summed E-state index contributed by atoms with van der Waals surface area (Å²) in [5.41, 5.74) is 7.23. The summed E-state index contributed by atoms with van der Waals surface area (Å²) in [6.45, 7) is 0. The number of fused-ring (bicyclic) bond motifs is 1. The zero-order valence-corrected chi connectivity index (χ0v) is 8.32. The van der Waals surface area contributed by atoms with E-state index < -0.39 is 0 Å². The monoisotopic (exact) mass is 271 g/mol. The van der Waals surface area contributed by atoms with E-state index in [0.717, 1.165) is 14.6 Å². The molecule has 0 radical (unpaired) electrons. The van der Waals surface area contributed by atoms with Crippen molar-refractivity contribution in [1.29, 1.82) is 0 Å². The molecule has 0 saturated carbocycles. The second-order valence-corrected chi connectivity index (χ2v) is 3.67. The van der Waals surface area contributed by atoms with Crippen molar-refractivity contribution in [1.82, 2.24) is 9.97 Å². The largest absolute Gasteiger partial charge is 0.382 e. The number of benzene rings is 1. The van der Waals surface area contributed by atoms with Gasteiger partial charge in [0.25, 0.3) is 0 Å². The van der Waals surface area contributed by atoms with Gasteiger partial charge in [0, 0.05) is 3.57 Å². The molecule has 3 nitrogen and oxygen atoms in total. The predicted molar refractivity (Wildman–Crippen MR) is 56.7 cm³/mol. The van der Waals surface area contributed by atoms with Crippen LogP contribution in [0.1, 0.15) is 0 Å². The average molecular weight is 271 g/mol. The summed E-state index contributed by atoms with van der Waals surface area (Å²) in [4.78, 5) is 8.28. The maximum absolute atomic E-state index is 5.50. The van der Waals surface area contributed by atoms with E-state index in [1.54, 1.807) is 6.20 Å². The van der Waals surface area contributed by atoms with Crippen LogP contribution in [0.3, 0.4) is 0 Å². The minimum atomic E-state index is 0.463. The van der Waals surface area contributed by atoms with Crippen molar-refractivity contribution in [2.75, 3.05) is 5.73 Å². The quantitative estimate of drug-likeness (QED) is 0.743. The molecular weight excluding hydrogens is 265 g/mol. The lowest BCUT2D eigenvalue weighted by Gasteiger charge is -1.97. The molecule has 12 heavy (non-hydrogen) atoms. The van der Waals surface area contributed by atoms with Crippen molar-refractivity contribution in [2.24, 2.45) is 0 Å². The normalized spacial score (nSPS) is 10.4. The Kier molecular flexibility index (Phi) is 1.84. The Labute approximate surface area is 83.2 Å². The van der Waals surface area contributed by atoms with Gasteiger partial charge in [-0.3, -0.25) is 4.98 Å². The van der Waals surface area contributed by atoms with Crippen LogP contribution in [0.5, 0.6) is 0 Å². The predicted octanol–water partition coefficient (Wildman–Crippen LogP) is 1.82. The van der Waals surface area contributed by atoms with Crippen LogP contribution in [0.25, 0.3) is 11.0 Å². The van der Waals surface area contributed by atoms with E-state index in [4.69, 9.17) is 5.73 Å².